The van der Waals surface area contributed by atoms with E-state index in [1.54, 1.807) is 13.0 Å². The normalized spacial score (nSPS) is 19.7. The number of sulfonamides is 1. The molecule has 2 rings (SSSR count). The first kappa shape index (κ1) is 13.5. The van der Waals surface area contributed by atoms with E-state index in [9.17, 15) is 13.5 Å². The first-order valence-electron chi connectivity index (χ1n) is 5.97. The molecule has 1 fully saturated rings. The Morgan fingerprint density at radius 3 is 2.72 bits per heavy atom. The van der Waals surface area contributed by atoms with E-state index in [4.69, 9.17) is 4.52 Å². The molecule has 0 aromatic carbocycles. The third-order valence-corrected chi connectivity index (χ3v) is 4.76. The van der Waals surface area contributed by atoms with Crippen molar-refractivity contribution in [2.24, 2.45) is 0 Å². The second kappa shape index (κ2) is 4.64. The van der Waals surface area contributed by atoms with Gasteiger partial charge in [-0.1, -0.05) is 18.5 Å². The van der Waals surface area contributed by atoms with Crippen molar-refractivity contribution in [3.05, 3.63) is 17.5 Å². The van der Waals surface area contributed by atoms with E-state index in [-0.39, 0.29) is 18.8 Å². The summed E-state index contributed by atoms with van der Waals surface area (Å²) < 4.78 is 30.2. The van der Waals surface area contributed by atoms with E-state index in [0.717, 1.165) is 6.42 Å². The average molecular weight is 274 g/mol. The molecule has 1 aromatic rings. The van der Waals surface area contributed by atoms with Crippen molar-refractivity contribution in [2.75, 3.05) is 13.1 Å². The number of rotatable bonds is 5. The second-order valence-corrected chi connectivity index (χ2v) is 6.90. The number of aryl methyl sites for hydroxylation is 1. The van der Waals surface area contributed by atoms with Crippen LogP contribution in [-0.2, 0) is 15.8 Å². The Kier molecular flexibility index (Phi) is 3.48. The molecule has 0 unspecified atom stereocenters. The Balaban J connectivity index is 1.98. The minimum Gasteiger partial charge on any atom is -0.387 e. The van der Waals surface area contributed by atoms with E-state index in [2.05, 4.69) is 5.16 Å². The third kappa shape index (κ3) is 2.73. The summed E-state index contributed by atoms with van der Waals surface area (Å²) in [6.07, 6.45) is 1.47. The van der Waals surface area contributed by atoms with Gasteiger partial charge in [0.05, 0.1) is 5.60 Å². The highest BCUT2D eigenvalue weighted by atomic mass is 32.2. The lowest BCUT2D eigenvalue weighted by Gasteiger charge is -2.45. The highest BCUT2D eigenvalue weighted by molar-refractivity contribution is 7.88. The van der Waals surface area contributed by atoms with Crippen LogP contribution in [0.25, 0.3) is 0 Å². The van der Waals surface area contributed by atoms with Crippen LogP contribution in [0.5, 0.6) is 0 Å². The molecule has 0 spiro atoms. The predicted octanol–water partition coefficient (Wildman–Crippen LogP) is 0.660. The lowest BCUT2D eigenvalue weighted by atomic mass is 9.92. The number of hydrogen-bond acceptors (Lipinski definition) is 5. The molecule has 0 radical (unpaired) electrons. The van der Waals surface area contributed by atoms with Crippen LogP contribution in [-0.4, -0.2) is 41.7 Å². The SMILES string of the molecule is CCCC1(O)CN(S(=O)(=O)Cc2cc(C)on2)C1. The minimum absolute atomic E-state index is 0.174. The van der Waals surface area contributed by atoms with E-state index in [1.165, 1.54) is 4.31 Å². The number of aliphatic hydroxyl groups is 1. The quantitative estimate of drug-likeness (QED) is 0.852. The molecule has 7 heteroatoms. The lowest BCUT2D eigenvalue weighted by molar-refractivity contribution is -0.0654. The maximum absolute atomic E-state index is 12.0. The van der Waals surface area contributed by atoms with Crippen molar-refractivity contribution in [3.63, 3.8) is 0 Å². The van der Waals surface area contributed by atoms with Crippen LogP contribution in [0.3, 0.4) is 0 Å². The lowest BCUT2D eigenvalue weighted by Crippen LogP contribution is -2.63. The van der Waals surface area contributed by atoms with Gasteiger partial charge in [-0.3, -0.25) is 0 Å². The summed E-state index contributed by atoms with van der Waals surface area (Å²) in [6.45, 7) is 4.04. The first-order valence-corrected chi connectivity index (χ1v) is 7.58. The van der Waals surface area contributed by atoms with E-state index in [1.807, 2.05) is 6.92 Å². The van der Waals surface area contributed by atoms with Gasteiger partial charge in [-0.2, -0.15) is 4.31 Å². The molecule has 0 atom stereocenters. The van der Waals surface area contributed by atoms with Crippen LogP contribution in [0.15, 0.2) is 10.6 Å². The van der Waals surface area contributed by atoms with Gasteiger partial charge in [0.2, 0.25) is 10.0 Å². The molecule has 1 aliphatic heterocycles. The molecule has 0 aliphatic carbocycles. The smallest absolute Gasteiger partial charge is 0.220 e. The van der Waals surface area contributed by atoms with Crippen molar-refractivity contribution >= 4 is 10.0 Å². The minimum atomic E-state index is -3.40. The zero-order valence-corrected chi connectivity index (χ0v) is 11.4. The van der Waals surface area contributed by atoms with Gasteiger partial charge in [0.1, 0.15) is 17.2 Å². The van der Waals surface area contributed by atoms with Crippen LogP contribution in [0.2, 0.25) is 0 Å². The van der Waals surface area contributed by atoms with E-state index >= 15 is 0 Å². The molecule has 0 bridgehead atoms. The molecule has 102 valence electrons. The van der Waals surface area contributed by atoms with Gasteiger partial charge < -0.3 is 9.63 Å². The summed E-state index contributed by atoms with van der Waals surface area (Å²) >= 11 is 0. The van der Waals surface area contributed by atoms with Gasteiger partial charge in [-0.15, -0.1) is 0 Å². The molecule has 1 aliphatic rings. The molecule has 0 amide bonds. The molecule has 1 N–H and O–H groups in total. The fourth-order valence-corrected chi connectivity index (χ4v) is 3.76. The largest absolute Gasteiger partial charge is 0.387 e. The zero-order valence-electron chi connectivity index (χ0n) is 10.6. The third-order valence-electron chi connectivity index (χ3n) is 3.06. The van der Waals surface area contributed by atoms with Crippen LogP contribution in [0.4, 0.5) is 0 Å². The van der Waals surface area contributed by atoms with Crippen molar-refractivity contribution in [2.45, 2.75) is 38.0 Å². The van der Waals surface area contributed by atoms with Gasteiger partial charge in [-0.25, -0.2) is 8.42 Å². The standard InChI is InChI=1S/C11H18N2O4S/c1-3-4-11(14)7-13(8-11)18(15,16)6-10-5-9(2)17-12-10/h5,14H,3-4,6-8H2,1-2H3. The Hall–Kier alpha value is -0.920. The molecule has 1 aromatic heterocycles. The molecule has 2 heterocycles. The van der Waals surface area contributed by atoms with Gasteiger partial charge >= 0.3 is 0 Å². The Morgan fingerprint density at radius 2 is 2.22 bits per heavy atom. The maximum Gasteiger partial charge on any atom is 0.220 e. The molecular weight excluding hydrogens is 256 g/mol. The summed E-state index contributed by atoms with van der Waals surface area (Å²) in [5, 5.41) is 13.6. The second-order valence-electron chi connectivity index (χ2n) is 4.93. The number of hydrogen-bond donors (Lipinski definition) is 1. The van der Waals surface area contributed by atoms with Crippen molar-refractivity contribution in [1.82, 2.24) is 9.46 Å². The number of nitrogens with zero attached hydrogens (tertiary/aromatic N) is 2. The topological polar surface area (TPSA) is 83.6 Å². The van der Waals surface area contributed by atoms with Crippen molar-refractivity contribution < 1.29 is 18.0 Å². The average Bonchev–Trinajstić information content (AvgIpc) is 2.59. The molecule has 1 saturated heterocycles. The highest BCUT2D eigenvalue weighted by Crippen LogP contribution is 2.29. The highest BCUT2D eigenvalue weighted by Gasteiger charge is 2.46. The fourth-order valence-electron chi connectivity index (χ4n) is 2.19. The summed E-state index contributed by atoms with van der Waals surface area (Å²) in [4.78, 5) is 0. The summed E-state index contributed by atoms with van der Waals surface area (Å²) in [5.74, 6) is 0.415. The van der Waals surface area contributed by atoms with Gasteiger partial charge in [0, 0.05) is 19.2 Å². The Labute approximate surface area is 107 Å². The summed E-state index contributed by atoms with van der Waals surface area (Å²) in [5.41, 5.74) is -0.444. The predicted molar refractivity (Wildman–Crippen MR) is 65.3 cm³/mol. The van der Waals surface area contributed by atoms with Gasteiger partial charge in [-0.05, 0) is 13.3 Å². The molecule has 0 saturated carbocycles. The summed E-state index contributed by atoms with van der Waals surface area (Å²) in [7, 11) is -3.40. The van der Waals surface area contributed by atoms with E-state index < -0.39 is 15.6 Å². The van der Waals surface area contributed by atoms with E-state index in [0.29, 0.717) is 17.9 Å². The van der Waals surface area contributed by atoms with Gasteiger partial charge in [0.25, 0.3) is 0 Å². The number of aromatic nitrogens is 1. The van der Waals surface area contributed by atoms with Crippen LogP contribution >= 0.6 is 0 Å². The molecule has 6 nitrogen and oxygen atoms in total. The van der Waals surface area contributed by atoms with Gasteiger partial charge in [0.15, 0.2) is 0 Å². The van der Waals surface area contributed by atoms with Crippen molar-refractivity contribution in [1.29, 1.82) is 0 Å². The monoisotopic (exact) mass is 274 g/mol. The van der Waals surface area contributed by atoms with Crippen LogP contribution in [0, 0.1) is 6.92 Å². The molecule has 18 heavy (non-hydrogen) atoms. The Bertz CT molecular complexity index is 517. The first-order chi connectivity index (χ1) is 8.35. The van der Waals surface area contributed by atoms with Crippen LogP contribution < -0.4 is 0 Å². The van der Waals surface area contributed by atoms with Crippen molar-refractivity contribution in [3.8, 4) is 0 Å². The maximum atomic E-state index is 12.0. The summed E-state index contributed by atoms with van der Waals surface area (Å²) in [6, 6.07) is 1.61. The fraction of sp³-hybridized carbons (Fsp3) is 0.727. The van der Waals surface area contributed by atoms with Crippen LogP contribution in [0.1, 0.15) is 31.2 Å². The zero-order chi connectivity index (χ0) is 13.4. The molecular formula is C11H18N2O4S. The number of β-amino-alcohol motifs (C(OH)–C–C–N with tert-alkyl or cyclic N) is 1. The Morgan fingerprint density at radius 1 is 1.56 bits per heavy atom.